The molecule has 1 fully saturated rings. The standard InChI is InChI=1S/C24H50O5Si/c1-4-27-30(28-5-2,29-6-3)21-19-17-15-13-11-9-7-8-10-12-14-16-18-20-25-22-24-23-26-24/h24H,4-23H2,1-3H3. The van der Waals surface area contributed by atoms with Crippen LogP contribution in [0.5, 0.6) is 0 Å². The highest BCUT2D eigenvalue weighted by atomic mass is 28.4. The van der Waals surface area contributed by atoms with Crippen LogP contribution in [-0.4, -0.2) is 54.5 Å². The van der Waals surface area contributed by atoms with Crippen LogP contribution in [0.3, 0.4) is 0 Å². The van der Waals surface area contributed by atoms with Gasteiger partial charge in [-0.05, 0) is 33.6 Å². The van der Waals surface area contributed by atoms with E-state index in [0.717, 1.165) is 32.3 Å². The number of hydrogen-bond acceptors (Lipinski definition) is 5. The predicted octanol–water partition coefficient (Wildman–Crippen LogP) is 6.52. The molecule has 180 valence electrons. The van der Waals surface area contributed by atoms with E-state index in [4.69, 9.17) is 22.8 Å². The summed E-state index contributed by atoms with van der Waals surface area (Å²) in [5, 5.41) is 0. The van der Waals surface area contributed by atoms with Crippen LogP contribution in [0.1, 0.15) is 104 Å². The average molecular weight is 447 g/mol. The molecular formula is C24H50O5Si. The minimum atomic E-state index is -2.42. The van der Waals surface area contributed by atoms with Crippen LogP contribution in [0.25, 0.3) is 0 Å². The monoisotopic (exact) mass is 446 g/mol. The van der Waals surface area contributed by atoms with Crippen molar-refractivity contribution in [1.82, 2.24) is 0 Å². The molecule has 0 radical (unpaired) electrons. The molecule has 0 amide bonds. The van der Waals surface area contributed by atoms with Gasteiger partial charge in [-0.3, -0.25) is 0 Å². The molecule has 1 aliphatic heterocycles. The van der Waals surface area contributed by atoms with Gasteiger partial charge in [0.05, 0.1) is 13.2 Å². The number of epoxide rings is 1. The first-order valence-electron chi connectivity index (χ1n) is 12.9. The maximum Gasteiger partial charge on any atom is 0.500 e. The van der Waals surface area contributed by atoms with E-state index in [9.17, 15) is 0 Å². The minimum Gasteiger partial charge on any atom is -0.379 e. The molecule has 1 saturated heterocycles. The Balaban J connectivity index is 1.81. The van der Waals surface area contributed by atoms with Gasteiger partial charge in [0.25, 0.3) is 0 Å². The van der Waals surface area contributed by atoms with E-state index in [1.807, 2.05) is 20.8 Å². The Morgan fingerprint density at radius 1 is 0.633 bits per heavy atom. The highest BCUT2D eigenvalue weighted by molar-refractivity contribution is 6.60. The molecule has 0 spiro atoms. The first-order valence-corrected chi connectivity index (χ1v) is 14.8. The van der Waals surface area contributed by atoms with Crippen molar-refractivity contribution >= 4 is 8.80 Å². The lowest BCUT2D eigenvalue weighted by Gasteiger charge is -2.28. The van der Waals surface area contributed by atoms with Gasteiger partial charge < -0.3 is 22.8 Å². The molecule has 1 heterocycles. The molecule has 0 bridgehead atoms. The van der Waals surface area contributed by atoms with Crippen molar-refractivity contribution in [2.24, 2.45) is 0 Å². The molecule has 0 saturated carbocycles. The summed E-state index contributed by atoms with van der Waals surface area (Å²) < 4.78 is 28.5. The highest BCUT2D eigenvalue weighted by Crippen LogP contribution is 2.21. The van der Waals surface area contributed by atoms with Crippen molar-refractivity contribution in [2.45, 2.75) is 116 Å². The molecule has 0 aromatic rings. The first kappa shape index (κ1) is 28.1. The first-order chi connectivity index (χ1) is 14.8. The van der Waals surface area contributed by atoms with Crippen LogP contribution in [0.2, 0.25) is 6.04 Å². The normalized spacial score (nSPS) is 16.3. The summed E-state index contributed by atoms with van der Waals surface area (Å²) in [4.78, 5) is 0. The van der Waals surface area contributed by atoms with E-state index in [1.54, 1.807) is 0 Å². The lowest BCUT2D eigenvalue weighted by Crippen LogP contribution is -2.45. The van der Waals surface area contributed by atoms with E-state index in [2.05, 4.69) is 0 Å². The zero-order valence-corrected chi connectivity index (χ0v) is 21.3. The van der Waals surface area contributed by atoms with Gasteiger partial charge >= 0.3 is 8.80 Å². The van der Waals surface area contributed by atoms with Gasteiger partial charge in [0.2, 0.25) is 0 Å². The summed E-state index contributed by atoms with van der Waals surface area (Å²) in [5.41, 5.74) is 0. The number of unbranched alkanes of at least 4 members (excludes halogenated alkanes) is 12. The Bertz CT molecular complexity index is 348. The second kappa shape index (κ2) is 19.7. The fraction of sp³-hybridized carbons (Fsp3) is 1.00. The van der Waals surface area contributed by atoms with Crippen molar-refractivity contribution in [3.63, 3.8) is 0 Å². The highest BCUT2D eigenvalue weighted by Gasteiger charge is 2.39. The molecule has 0 N–H and O–H groups in total. The zero-order valence-electron chi connectivity index (χ0n) is 20.3. The second-order valence-corrected chi connectivity index (χ2v) is 11.1. The minimum absolute atomic E-state index is 0.410. The molecular weight excluding hydrogens is 396 g/mol. The number of ether oxygens (including phenoxy) is 2. The van der Waals surface area contributed by atoms with Gasteiger partial charge in [-0.25, -0.2) is 0 Å². The Morgan fingerprint density at radius 3 is 1.43 bits per heavy atom. The van der Waals surface area contributed by atoms with Crippen molar-refractivity contribution in [3.8, 4) is 0 Å². The Labute approximate surface area is 187 Å². The summed E-state index contributed by atoms with van der Waals surface area (Å²) in [6.45, 7) is 10.7. The predicted molar refractivity (Wildman–Crippen MR) is 126 cm³/mol. The van der Waals surface area contributed by atoms with Gasteiger partial charge in [-0.15, -0.1) is 0 Å². The molecule has 1 atom stereocenters. The van der Waals surface area contributed by atoms with Crippen LogP contribution >= 0.6 is 0 Å². The average Bonchev–Trinajstić information content (AvgIpc) is 3.55. The molecule has 6 heteroatoms. The topological polar surface area (TPSA) is 49.5 Å². The Morgan fingerprint density at radius 2 is 1.03 bits per heavy atom. The van der Waals surface area contributed by atoms with Crippen LogP contribution in [-0.2, 0) is 22.8 Å². The van der Waals surface area contributed by atoms with Crippen LogP contribution in [0.15, 0.2) is 0 Å². The smallest absolute Gasteiger partial charge is 0.379 e. The summed E-state index contributed by atoms with van der Waals surface area (Å²) >= 11 is 0. The van der Waals surface area contributed by atoms with Gasteiger partial charge in [-0.2, -0.15) is 0 Å². The third-order valence-electron chi connectivity index (χ3n) is 5.57. The zero-order chi connectivity index (χ0) is 21.8. The molecule has 30 heavy (non-hydrogen) atoms. The number of hydrogen-bond donors (Lipinski definition) is 0. The van der Waals surface area contributed by atoms with Crippen LogP contribution in [0.4, 0.5) is 0 Å². The molecule has 1 unspecified atom stereocenters. The fourth-order valence-corrected chi connectivity index (χ4v) is 6.56. The van der Waals surface area contributed by atoms with Crippen molar-refractivity contribution in [1.29, 1.82) is 0 Å². The summed E-state index contributed by atoms with van der Waals surface area (Å²) in [6.07, 6.45) is 17.8. The van der Waals surface area contributed by atoms with E-state index in [1.165, 1.54) is 77.0 Å². The number of rotatable bonds is 24. The van der Waals surface area contributed by atoms with Gasteiger partial charge in [0.15, 0.2) is 0 Å². The molecule has 0 aliphatic carbocycles. The Hall–Kier alpha value is 0.0169. The molecule has 0 aromatic heterocycles. The summed E-state index contributed by atoms with van der Waals surface area (Å²) in [6, 6.07) is 0.962. The maximum atomic E-state index is 5.93. The van der Waals surface area contributed by atoms with E-state index < -0.39 is 8.80 Å². The molecule has 1 aliphatic rings. The largest absolute Gasteiger partial charge is 0.500 e. The Kier molecular flexibility index (Phi) is 18.4. The maximum absolute atomic E-state index is 5.93. The lowest BCUT2D eigenvalue weighted by atomic mass is 10.0. The van der Waals surface area contributed by atoms with E-state index in [-0.39, 0.29) is 0 Å². The molecule has 0 aromatic carbocycles. The van der Waals surface area contributed by atoms with E-state index in [0.29, 0.717) is 25.9 Å². The van der Waals surface area contributed by atoms with Gasteiger partial charge in [0, 0.05) is 32.5 Å². The van der Waals surface area contributed by atoms with Crippen molar-refractivity contribution < 1.29 is 22.8 Å². The second-order valence-electron chi connectivity index (χ2n) is 8.36. The van der Waals surface area contributed by atoms with Gasteiger partial charge in [-0.1, -0.05) is 70.6 Å². The molecule has 1 rings (SSSR count). The van der Waals surface area contributed by atoms with E-state index >= 15 is 0 Å². The van der Waals surface area contributed by atoms with Crippen LogP contribution in [0, 0.1) is 0 Å². The third kappa shape index (κ3) is 15.8. The SMILES string of the molecule is CCO[Si](CCCCCCCCCCCCCCCOCC1CO1)(OCC)OCC. The fourth-order valence-electron chi connectivity index (χ4n) is 3.87. The van der Waals surface area contributed by atoms with Gasteiger partial charge in [0.1, 0.15) is 6.10 Å². The third-order valence-corrected chi connectivity index (χ3v) is 8.72. The lowest BCUT2D eigenvalue weighted by molar-refractivity contribution is 0.0706. The van der Waals surface area contributed by atoms with Crippen LogP contribution < -0.4 is 0 Å². The summed E-state index contributed by atoms with van der Waals surface area (Å²) in [5.74, 6) is 0. The quantitative estimate of drug-likeness (QED) is 0.0959. The van der Waals surface area contributed by atoms with Crippen molar-refractivity contribution in [2.75, 3.05) is 39.6 Å². The summed E-state index contributed by atoms with van der Waals surface area (Å²) in [7, 11) is -2.42. The molecule has 5 nitrogen and oxygen atoms in total. The van der Waals surface area contributed by atoms with Crippen molar-refractivity contribution in [3.05, 3.63) is 0 Å².